The normalized spacial score (nSPS) is 13.2. The Balaban J connectivity index is 2.14. The molecule has 2 aromatic carbocycles. The number of hydrogen-bond donors (Lipinski definition) is 0. The van der Waals surface area contributed by atoms with Crippen molar-refractivity contribution in [1.82, 2.24) is 4.57 Å². The van der Waals surface area contributed by atoms with Crippen LogP contribution in [-0.2, 0) is 4.74 Å². The molecular formula is C20H21FN2OS. The average molecular weight is 356 g/mol. The van der Waals surface area contributed by atoms with E-state index in [1.54, 1.807) is 30.6 Å². The van der Waals surface area contributed by atoms with Crippen molar-refractivity contribution in [2.75, 3.05) is 13.7 Å². The van der Waals surface area contributed by atoms with Crippen molar-refractivity contribution in [2.24, 2.45) is 4.99 Å². The zero-order chi connectivity index (χ0) is 17.8. The van der Waals surface area contributed by atoms with E-state index in [9.17, 15) is 4.39 Å². The Kier molecular flexibility index (Phi) is 5.46. The molecule has 0 spiro atoms. The third-order valence-corrected chi connectivity index (χ3v) is 4.80. The number of hydrogen-bond acceptors (Lipinski definition) is 3. The second-order valence-electron chi connectivity index (χ2n) is 6.04. The summed E-state index contributed by atoms with van der Waals surface area (Å²) < 4.78 is 20.8. The third kappa shape index (κ3) is 4.06. The topological polar surface area (TPSA) is 26.5 Å². The second kappa shape index (κ2) is 7.76. The molecule has 0 fully saturated rings. The summed E-state index contributed by atoms with van der Waals surface area (Å²) in [6, 6.07) is 14.8. The molecule has 1 atom stereocenters. The molecule has 1 aromatic heterocycles. The van der Waals surface area contributed by atoms with E-state index < -0.39 is 0 Å². The third-order valence-electron chi connectivity index (χ3n) is 3.96. The summed E-state index contributed by atoms with van der Waals surface area (Å²) in [6.07, 6.45) is 0. The summed E-state index contributed by atoms with van der Waals surface area (Å²) >= 11 is 1.58. The average Bonchev–Trinajstić information content (AvgIpc) is 2.99. The van der Waals surface area contributed by atoms with Gasteiger partial charge >= 0.3 is 0 Å². The number of benzene rings is 2. The van der Waals surface area contributed by atoms with Gasteiger partial charge in [0.15, 0.2) is 4.80 Å². The van der Waals surface area contributed by atoms with Crippen LogP contribution in [0.4, 0.5) is 10.1 Å². The monoisotopic (exact) mass is 356 g/mol. The highest BCUT2D eigenvalue weighted by Gasteiger charge is 2.14. The molecule has 0 bridgehead atoms. The maximum Gasteiger partial charge on any atom is 0.190 e. The maximum atomic E-state index is 13.3. The van der Waals surface area contributed by atoms with Gasteiger partial charge in [0.05, 0.1) is 24.0 Å². The van der Waals surface area contributed by atoms with Crippen LogP contribution in [-0.4, -0.2) is 18.3 Å². The number of ether oxygens (including phenoxy) is 1. The zero-order valence-electron chi connectivity index (χ0n) is 14.6. The molecule has 3 nitrogen and oxygen atoms in total. The van der Waals surface area contributed by atoms with Crippen molar-refractivity contribution in [3.05, 3.63) is 70.1 Å². The number of aromatic nitrogens is 1. The summed E-state index contributed by atoms with van der Waals surface area (Å²) in [7, 11) is 1.69. The van der Waals surface area contributed by atoms with Gasteiger partial charge in [-0.15, -0.1) is 11.3 Å². The first-order valence-corrected chi connectivity index (χ1v) is 9.03. The van der Waals surface area contributed by atoms with Crippen molar-refractivity contribution >= 4 is 17.0 Å². The Hall–Kier alpha value is -2.24. The lowest BCUT2D eigenvalue weighted by atomic mass is 10.1. The van der Waals surface area contributed by atoms with E-state index in [1.807, 2.05) is 12.1 Å². The molecule has 130 valence electrons. The summed E-state index contributed by atoms with van der Waals surface area (Å²) in [5, 5.41) is 2.06. The lowest BCUT2D eigenvalue weighted by Gasteiger charge is -2.16. The molecule has 0 unspecified atom stereocenters. The standard InChI is InChI=1S/C20H21FN2OS/c1-14-5-4-6-18(11-14)22-20-23(15(2)12-24-3)19(13-25-20)16-7-9-17(21)10-8-16/h4-11,13,15H,12H2,1-3H3/t15-/m1/s1. The molecule has 0 aliphatic rings. The summed E-state index contributed by atoms with van der Waals surface area (Å²) in [5.74, 6) is -0.236. The van der Waals surface area contributed by atoms with Gasteiger partial charge in [0.25, 0.3) is 0 Å². The van der Waals surface area contributed by atoms with Crippen molar-refractivity contribution in [2.45, 2.75) is 19.9 Å². The minimum Gasteiger partial charge on any atom is -0.383 e. The van der Waals surface area contributed by atoms with Gasteiger partial charge in [-0.05, 0) is 61.4 Å². The van der Waals surface area contributed by atoms with Gasteiger partial charge in [-0.3, -0.25) is 0 Å². The van der Waals surface area contributed by atoms with Crippen LogP contribution in [0.5, 0.6) is 0 Å². The second-order valence-corrected chi connectivity index (χ2v) is 6.87. The molecule has 25 heavy (non-hydrogen) atoms. The van der Waals surface area contributed by atoms with Crippen LogP contribution in [0.15, 0.2) is 58.9 Å². The Morgan fingerprint density at radius 3 is 2.64 bits per heavy atom. The van der Waals surface area contributed by atoms with Gasteiger partial charge in [0, 0.05) is 12.5 Å². The van der Waals surface area contributed by atoms with Gasteiger partial charge in [0.1, 0.15) is 5.82 Å². The van der Waals surface area contributed by atoms with Gasteiger partial charge in [-0.1, -0.05) is 12.1 Å². The highest BCUT2D eigenvalue weighted by atomic mass is 32.1. The molecule has 0 aliphatic heterocycles. The van der Waals surface area contributed by atoms with Gasteiger partial charge < -0.3 is 9.30 Å². The first-order valence-electron chi connectivity index (χ1n) is 8.15. The molecule has 1 heterocycles. The SMILES string of the molecule is COC[C@@H](C)n1c(-c2ccc(F)cc2)csc1=Nc1cccc(C)c1. The summed E-state index contributed by atoms with van der Waals surface area (Å²) in [6.45, 7) is 4.73. The van der Waals surface area contributed by atoms with E-state index in [1.165, 1.54) is 17.7 Å². The van der Waals surface area contributed by atoms with E-state index in [4.69, 9.17) is 9.73 Å². The molecule has 0 amide bonds. The molecule has 0 radical (unpaired) electrons. The lowest BCUT2D eigenvalue weighted by Crippen LogP contribution is -2.23. The molecule has 0 aliphatic carbocycles. The van der Waals surface area contributed by atoms with Crippen LogP contribution in [0, 0.1) is 12.7 Å². The predicted molar refractivity (Wildman–Crippen MR) is 101 cm³/mol. The van der Waals surface area contributed by atoms with E-state index in [0.29, 0.717) is 6.61 Å². The Morgan fingerprint density at radius 2 is 1.96 bits per heavy atom. The Bertz CT molecular complexity index is 912. The highest BCUT2D eigenvalue weighted by molar-refractivity contribution is 7.07. The number of methoxy groups -OCH3 is 1. The number of halogens is 1. The minimum absolute atomic E-state index is 0.111. The fraction of sp³-hybridized carbons (Fsp3) is 0.250. The van der Waals surface area contributed by atoms with Crippen LogP contribution in [0.25, 0.3) is 11.3 Å². The molecule has 0 N–H and O–H groups in total. The summed E-state index contributed by atoms with van der Waals surface area (Å²) in [5.41, 5.74) is 4.08. The highest BCUT2D eigenvalue weighted by Crippen LogP contribution is 2.24. The first kappa shape index (κ1) is 17.6. The Morgan fingerprint density at radius 1 is 1.20 bits per heavy atom. The fourth-order valence-electron chi connectivity index (χ4n) is 2.78. The molecule has 5 heteroatoms. The molecule has 3 aromatic rings. The van der Waals surface area contributed by atoms with Gasteiger partial charge in [0.2, 0.25) is 0 Å². The lowest BCUT2D eigenvalue weighted by molar-refractivity contribution is 0.162. The van der Waals surface area contributed by atoms with Crippen LogP contribution < -0.4 is 4.80 Å². The predicted octanol–water partition coefficient (Wildman–Crippen LogP) is 5.10. The quantitative estimate of drug-likeness (QED) is 0.624. The molecule has 3 rings (SSSR count). The van der Waals surface area contributed by atoms with Gasteiger partial charge in [-0.25, -0.2) is 9.38 Å². The molecular weight excluding hydrogens is 335 g/mol. The summed E-state index contributed by atoms with van der Waals surface area (Å²) in [4.78, 5) is 5.72. The number of aryl methyl sites for hydroxylation is 1. The van der Waals surface area contributed by atoms with Crippen LogP contribution in [0.2, 0.25) is 0 Å². The maximum absolute atomic E-state index is 13.3. The van der Waals surface area contributed by atoms with E-state index in [2.05, 4.69) is 35.9 Å². The van der Waals surface area contributed by atoms with Crippen LogP contribution in [0.3, 0.4) is 0 Å². The largest absolute Gasteiger partial charge is 0.383 e. The number of thiazole rings is 1. The molecule has 0 saturated heterocycles. The molecule has 0 saturated carbocycles. The van der Waals surface area contributed by atoms with Crippen molar-refractivity contribution in [3.63, 3.8) is 0 Å². The minimum atomic E-state index is -0.236. The van der Waals surface area contributed by atoms with E-state index in [0.717, 1.165) is 21.7 Å². The first-order chi connectivity index (χ1) is 12.1. The van der Waals surface area contributed by atoms with Crippen molar-refractivity contribution in [1.29, 1.82) is 0 Å². The van der Waals surface area contributed by atoms with E-state index in [-0.39, 0.29) is 11.9 Å². The van der Waals surface area contributed by atoms with Gasteiger partial charge in [-0.2, -0.15) is 0 Å². The number of rotatable bonds is 5. The smallest absolute Gasteiger partial charge is 0.190 e. The zero-order valence-corrected chi connectivity index (χ0v) is 15.4. The Labute approximate surface area is 151 Å². The van der Waals surface area contributed by atoms with E-state index >= 15 is 0 Å². The fourth-order valence-corrected chi connectivity index (χ4v) is 3.80. The number of nitrogens with zero attached hydrogens (tertiary/aromatic N) is 2. The van der Waals surface area contributed by atoms with Crippen LogP contribution >= 0.6 is 11.3 Å². The van der Waals surface area contributed by atoms with Crippen LogP contribution in [0.1, 0.15) is 18.5 Å². The van der Waals surface area contributed by atoms with Crippen molar-refractivity contribution < 1.29 is 9.13 Å². The van der Waals surface area contributed by atoms with Crippen molar-refractivity contribution in [3.8, 4) is 11.3 Å².